The molecule has 0 spiro atoms. The molecule has 2 aliphatic rings. The van der Waals surface area contributed by atoms with Crippen LogP contribution in [0.15, 0.2) is 6.07 Å². The Labute approximate surface area is 124 Å². The van der Waals surface area contributed by atoms with Crippen molar-refractivity contribution in [2.24, 2.45) is 0 Å². The first-order chi connectivity index (χ1) is 9.74. The van der Waals surface area contributed by atoms with Gasteiger partial charge in [0.25, 0.3) is 0 Å². The van der Waals surface area contributed by atoms with E-state index in [4.69, 9.17) is 16.3 Å². The molecule has 1 N–H and O–H groups in total. The quantitative estimate of drug-likeness (QED) is 0.861. The number of aryl methyl sites for hydroxylation is 1. The lowest BCUT2D eigenvalue weighted by atomic mass is 10.2. The first-order valence-corrected chi connectivity index (χ1v) is 7.75. The normalized spacial score (nSPS) is 26.5. The smallest absolute Gasteiger partial charge is 0.134 e. The third-order valence-electron chi connectivity index (χ3n) is 4.03. The zero-order chi connectivity index (χ0) is 13.9. The van der Waals surface area contributed by atoms with E-state index >= 15 is 0 Å². The molecule has 3 rings (SSSR count). The van der Waals surface area contributed by atoms with Gasteiger partial charge in [0.15, 0.2) is 0 Å². The Hall–Kier alpha value is -0.910. The first kappa shape index (κ1) is 14.0. The van der Waals surface area contributed by atoms with E-state index in [1.807, 2.05) is 6.92 Å². The molecule has 6 heteroatoms. The van der Waals surface area contributed by atoms with Crippen molar-refractivity contribution in [3.63, 3.8) is 0 Å². The summed E-state index contributed by atoms with van der Waals surface area (Å²) in [4.78, 5) is 11.1. The second-order valence-electron chi connectivity index (χ2n) is 5.47. The average molecular weight is 297 g/mol. The molecule has 0 aromatic carbocycles. The molecule has 5 nitrogen and oxygen atoms in total. The van der Waals surface area contributed by atoms with E-state index in [1.165, 1.54) is 19.4 Å². The minimum absolute atomic E-state index is 0.225. The Balaban J connectivity index is 1.55. The number of anilines is 1. The molecule has 1 aromatic rings. The van der Waals surface area contributed by atoms with Crippen LogP contribution >= 0.6 is 11.6 Å². The maximum atomic E-state index is 5.99. The molecule has 0 radical (unpaired) electrons. The first-order valence-electron chi connectivity index (χ1n) is 7.37. The lowest BCUT2D eigenvalue weighted by Crippen LogP contribution is -2.48. The Morgan fingerprint density at radius 2 is 2.40 bits per heavy atom. The molecule has 2 saturated heterocycles. The van der Waals surface area contributed by atoms with Crippen molar-refractivity contribution in [1.29, 1.82) is 0 Å². The Morgan fingerprint density at radius 3 is 3.25 bits per heavy atom. The van der Waals surface area contributed by atoms with Gasteiger partial charge in [-0.15, -0.1) is 0 Å². The molecule has 2 unspecified atom stereocenters. The van der Waals surface area contributed by atoms with Crippen molar-refractivity contribution < 1.29 is 4.74 Å². The number of morpholine rings is 1. The predicted molar refractivity (Wildman–Crippen MR) is 79.2 cm³/mol. The molecular formula is C14H21ClN4O. The molecule has 0 saturated carbocycles. The van der Waals surface area contributed by atoms with Crippen LogP contribution in [0.5, 0.6) is 0 Å². The lowest BCUT2D eigenvalue weighted by Gasteiger charge is -2.35. The van der Waals surface area contributed by atoms with Crippen LogP contribution in [0.4, 0.5) is 5.82 Å². The summed E-state index contributed by atoms with van der Waals surface area (Å²) in [7, 11) is 0. The van der Waals surface area contributed by atoms with Crippen molar-refractivity contribution >= 4 is 17.4 Å². The van der Waals surface area contributed by atoms with E-state index in [0.717, 1.165) is 37.8 Å². The molecule has 2 aliphatic heterocycles. The molecule has 2 fully saturated rings. The summed E-state index contributed by atoms with van der Waals surface area (Å²) in [6.07, 6.45) is 3.59. The molecule has 0 bridgehead atoms. The van der Waals surface area contributed by atoms with E-state index in [9.17, 15) is 0 Å². The maximum Gasteiger partial charge on any atom is 0.134 e. The van der Waals surface area contributed by atoms with Crippen LogP contribution in [-0.2, 0) is 11.2 Å². The van der Waals surface area contributed by atoms with E-state index < -0.39 is 0 Å². The third kappa shape index (κ3) is 3.22. The summed E-state index contributed by atoms with van der Waals surface area (Å²) in [5.41, 5.74) is 0. The van der Waals surface area contributed by atoms with Gasteiger partial charge in [0.2, 0.25) is 0 Å². The topological polar surface area (TPSA) is 50.3 Å². The monoisotopic (exact) mass is 296 g/mol. The number of aromatic nitrogens is 2. The highest BCUT2D eigenvalue weighted by atomic mass is 35.5. The van der Waals surface area contributed by atoms with E-state index in [0.29, 0.717) is 11.2 Å². The van der Waals surface area contributed by atoms with Crippen molar-refractivity contribution in [3.05, 3.63) is 17.0 Å². The van der Waals surface area contributed by atoms with Gasteiger partial charge in [0.05, 0.1) is 12.7 Å². The predicted octanol–water partition coefficient (Wildman–Crippen LogP) is 1.97. The van der Waals surface area contributed by atoms with E-state index in [-0.39, 0.29) is 6.10 Å². The number of nitrogens with one attached hydrogen (secondary N) is 1. The Bertz CT molecular complexity index is 470. The Morgan fingerprint density at radius 1 is 1.50 bits per heavy atom. The molecular weight excluding hydrogens is 276 g/mol. The number of hydrogen-bond donors (Lipinski definition) is 1. The fourth-order valence-electron chi connectivity index (χ4n) is 2.94. The average Bonchev–Trinajstić information content (AvgIpc) is 2.92. The van der Waals surface area contributed by atoms with Crippen LogP contribution in [0.3, 0.4) is 0 Å². The molecule has 20 heavy (non-hydrogen) atoms. The van der Waals surface area contributed by atoms with Gasteiger partial charge in [-0.3, -0.25) is 4.90 Å². The number of halogens is 1. The minimum Gasteiger partial charge on any atom is -0.373 e. The summed E-state index contributed by atoms with van der Waals surface area (Å²) in [6, 6.07) is 2.41. The highest BCUT2D eigenvalue weighted by Gasteiger charge is 2.31. The van der Waals surface area contributed by atoms with E-state index in [1.54, 1.807) is 6.07 Å². The third-order valence-corrected chi connectivity index (χ3v) is 4.22. The highest BCUT2D eigenvalue weighted by Crippen LogP contribution is 2.22. The number of fused-ring (bicyclic) bond motifs is 1. The fourth-order valence-corrected chi connectivity index (χ4v) is 3.14. The zero-order valence-electron chi connectivity index (χ0n) is 11.8. The SMILES string of the molecule is CCc1nc(Cl)cc(NCC2CN3CCCC3CO2)n1. The number of nitrogens with zero attached hydrogens (tertiary/aromatic N) is 3. The number of rotatable bonds is 4. The van der Waals surface area contributed by atoms with Gasteiger partial charge < -0.3 is 10.1 Å². The molecule has 0 aliphatic carbocycles. The van der Waals surface area contributed by atoms with Crippen LogP contribution in [0.2, 0.25) is 5.15 Å². The van der Waals surface area contributed by atoms with Gasteiger partial charge in [-0.25, -0.2) is 9.97 Å². The van der Waals surface area contributed by atoms with Crippen LogP contribution in [0.1, 0.15) is 25.6 Å². The van der Waals surface area contributed by atoms with Gasteiger partial charge in [-0.05, 0) is 19.4 Å². The molecule has 110 valence electrons. The number of ether oxygens (including phenoxy) is 1. The van der Waals surface area contributed by atoms with Crippen molar-refractivity contribution in [3.8, 4) is 0 Å². The van der Waals surface area contributed by atoms with Crippen LogP contribution in [0.25, 0.3) is 0 Å². The van der Waals surface area contributed by atoms with Gasteiger partial charge in [-0.2, -0.15) is 0 Å². The molecule has 2 atom stereocenters. The molecule has 3 heterocycles. The van der Waals surface area contributed by atoms with E-state index in [2.05, 4.69) is 20.2 Å². The van der Waals surface area contributed by atoms with Crippen LogP contribution < -0.4 is 5.32 Å². The maximum absolute atomic E-state index is 5.99. The highest BCUT2D eigenvalue weighted by molar-refractivity contribution is 6.29. The van der Waals surface area contributed by atoms with Crippen LogP contribution in [-0.4, -0.2) is 53.3 Å². The van der Waals surface area contributed by atoms with Gasteiger partial charge >= 0.3 is 0 Å². The lowest BCUT2D eigenvalue weighted by molar-refractivity contribution is -0.0416. The summed E-state index contributed by atoms with van der Waals surface area (Å²) in [6.45, 7) is 5.87. The van der Waals surface area contributed by atoms with Gasteiger partial charge in [0, 0.05) is 31.6 Å². The summed E-state index contributed by atoms with van der Waals surface area (Å²) in [5.74, 6) is 1.55. The van der Waals surface area contributed by atoms with Gasteiger partial charge in [0.1, 0.15) is 16.8 Å². The van der Waals surface area contributed by atoms with Crippen molar-refractivity contribution in [2.45, 2.75) is 38.3 Å². The zero-order valence-corrected chi connectivity index (χ0v) is 12.6. The standard InChI is InChI=1S/C14H21ClN4O/c1-2-13-17-12(15)6-14(18-13)16-7-11-8-19-5-3-4-10(19)9-20-11/h6,10-11H,2-5,7-9H2,1H3,(H,16,17,18). The summed E-state index contributed by atoms with van der Waals surface area (Å²) < 4.78 is 5.92. The molecule has 0 amide bonds. The second kappa shape index (κ2) is 6.24. The van der Waals surface area contributed by atoms with Crippen LogP contribution in [0, 0.1) is 0 Å². The van der Waals surface area contributed by atoms with Crippen molar-refractivity contribution in [1.82, 2.24) is 14.9 Å². The number of hydrogen-bond acceptors (Lipinski definition) is 5. The van der Waals surface area contributed by atoms with Crippen molar-refractivity contribution in [2.75, 3.05) is 31.6 Å². The van der Waals surface area contributed by atoms with Gasteiger partial charge in [-0.1, -0.05) is 18.5 Å². The largest absolute Gasteiger partial charge is 0.373 e. The fraction of sp³-hybridized carbons (Fsp3) is 0.714. The molecule has 1 aromatic heterocycles. The Kier molecular flexibility index (Phi) is 4.38. The summed E-state index contributed by atoms with van der Waals surface area (Å²) >= 11 is 5.99. The minimum atomic E-state index is 0.225. The second-order valence-corrected chi connectivity index (χ2v) is 5.86. The summed E-state index contributed by atoms with van der Waals surface area (Å²) in [5, 5.41) is 3.81.